The molecule has 1 rings (SSSR count). The van der Waals surface area contributed by atoms with Gasteiger partial charge in [-0.1, -0.05) is 0 Å². The molecule has 0 heterocycles. The predicted molar refractivity (Wildman–Crippen MR) is 51.1 cm³/mol. The summed E-state index contributed by atoms with van der Waals surface area (Å²) in [4.78, 5) is 0.533. The van der Waals surface area contributed by atoms with E-state index >= 15 is 0 Å². The minimum Gasteiger partial charge on any atom is -0.205 e. The van der Waals surface area contributed by atoms with E-state index in [1.807, 2.05) is 22.6 Å². The van der Waals surface area contributed by atoms with Crippen LogP contribution in [0.5, 0.6) is 0 Å². The molecule has 1 nitrogen and oxygen atoms in total. The maximum absolute atomic E-state index is 12.8. The standard InChI is InChI=1S/C7H3FINS/c8-6-1-4(11)2-7(9)5(6)3-10/h1-2,11H. The fourth-order valence-electron chi connectivity index (χ4n) is 0.667. The van der Waals surface area contributed by atoms with Crippen molar-refractivity contribution in [3.05, 3.63) is 27.1 Å². The zero-order valence-corrected chi connectivity index (χ0v) is 8.36. The number of thiol groups is 1. The van der Waals surface area contributed by atoms with Crippen molar-refractivity contribution in [1.82, 2.24) is 0 Å². The van der Waals surface area contributed by atoms with Crippen LogP contribution in [0.3, 0.4) is 0 Å². The van der Waals surface area contributed by atoms with Gasteiger partial charge in [-0.05, 0) is 34.7 Å². The van der Waals surface area contributed by atoms with E-state index < -0.39 is 5.82 Å². The summed E-state index contributed by atoms with van der Waals surface area (Å²) in [6.45, 7) is 0. The Balaban J connectivity index is 3.40. The lowest BCUT2D eigenvalue weighted by Crippen LogP contribution is -1.87. The second-order valence-corrected chi connectivity index (χ2v) is 3.57. The Labute approximate surface area is 82.8 Å². The second kappa shape index (κ2) is 3.41. The lowest BCUT2D eigenvalue weighted by atomic mass is 10.2. The van der Waals surface area contributed by atoms with Crippen LogP contribution in [-0.4, -0.2) is 0 Å². The Morgan fingerprint density at radius 1 is 1.55 bits per heavy atom. The third-order valence-corrected chi connectivity index (χ3v) is 2.25. The Kier molecular flexibility index (Phi) is 2.73. The number of hydrogen-bond donors (Lipinski definition) is 1. The molecule has 0 unspecified atom stereocenters. The van der Waals surface area contributed by atoms with Crippen molar-refractivity contribution in [1.29, 1.82) is 5.26 Å². The van der Waals surface area contributed by atoms with E-state index in [0.717, 1.165) is 0 Å². The van der Waals surface area contributed by atoms with Crippen molar-refractivity contribution in [2.24, 2.45) is 0 Å². The summed E-state index contributed by atoms with van der Waals surface area (Å²) < 4.78 is 13.4. The molecule has 0 saturated carbocycles. The highest BCUT2D eigenvalue weighted by molar-refractivity contribution is 14.1. The van der Waals surface area contributed by atoms with Crippen LogP contribution in [0.2, 0.25) is 0 Å². The predicted octanol–water partition coefficient (Wildman–Crippen LogP) is 2.59. The van der Waals surface area contributed by atoms with E-state index in [0.29, 0.717) is 8.47 Å². The summed E-state index contributed by atoms with van der Waals surface area (Å²) in [6, 6.07) is 4.64. The number of rotatable bonds is 0. The van der Waals surface area contributed by atoms with Gasteiger partial charge in [0.25, 0.3) is 0 Å². The molecule has 0 radical (unpaired) electrons. The van der Waals surface area contributed by atoms with Crippen LogP contribution in [0.25, 0.3) is 0 Å². The molecule has 0 atom stereocenters. The molecule has 0 bridgehead atoms. The Bertz CT molecular complexity index is 309. The van der Waals surface area contributed by atoms with Gasteiger partial charge in [-0.3, -0.25) is 0 Å². The maximum atomic E-state index is 12.8. The van der Waals surface area contributed by atoms with Crippen molar-refractivity contribution in [3.63, 3.8) is 0 Å². The molecule has 0 amide bonds. The van der Waals surface area contributed by atoms with Crippen LogP contribution in [-0.2, 0) is 0 Å². The van der Waals surface area contributed by atoms with Crippen LogP contribution in [0.15, 0.2) is 17.0 Å². The lowest BCUT2D eigenvalue weighted by Gasteiger charge is -1.97. The quantitative estimate of drug-likeness (QED) is 0.572. The molecule has 4 heteroatoms. The van der Waals surface area contributed by atoms with Crippen LogP contribution in [0.1, 0.15) is 5.56 Å². The molecule has 0 aliphatic carbocycles. The van der Waals surface area contributed by atoms with Crippen molar-refractivity contribution in [2.75, 3.05) is 0 Å². The highest BCUT2D eigenvalue weighted by Gasteiger charge is 2.06. The number of benzene rings is 1. The first-order valence-corrected chi connectivity index (χ1v) is 4.26. The van der Waals surface area contributed by atoms with Gasteiger partial charge in [0.05, 0.1) is 0 Å². The Morgan fingerprint density at radius 2 is 2.18 bits per heavy atom. The molecule has 0 fully saturated rings. The van der Waals surface area contributed by atoms with E-state index in [1.165, 1.54) is 6.07 Å². The third-order valence-electron chi connectivity index (χ3n) is 1.14. The van der Waals surface area contributed by atoms with Gasteiger partial charge in [-0.25, -0.2) is 4.39 Å². The van der Waals surface area contributed by atoms with Gasteiger partial charge in [0.1, 0.15) is 17.4 Å². The SMILES string of the molecule is N#Cc1c(F)cc(S)cc1I. The highest BCUT2D eigenvalue weighted by atomic mass is 127. The smallest absolute Gasteiger partial charge is 0.143 e. The molecule has 0 saturated heterocycles. The lowest BCUT2D eigenvalue weighted by molar-refractivity contribution is 0.619. The summed E-state index contributed by atoms with van der Waals surface area (Å²) >= 11 is 5.86. The first-order chi connectivity index (χ1) is 5.15. The molecule has 0 N–H and O–H groups in total. The van der Waals surface area contributed by atoms with Crippen molar-refractivity contribution >= 4 is 35.2 Å². The summed E-state index contributed by atoms with van der Waals surface area (Å²) in [5.74, 6) is -0.510. The van der Waals surface area contributed by atoms with Gasteiger partial charge in [0.15, 0.2) is 0 Å². The van der Waals surface area contributed by atoms with E-state index in [4.69, 9.17) is 5.26 Å². The normalized spacial score (nSPS) is 9.27. The molecular weight excluding hydrogens is 276 g/mol. The molecule has 0 aromatic heterocycles. The van der Waals surface area contributed by atoms with Crippen LogP contribution in [0, 0.1) is 20.7 Å². The topological polar surface area (TPSA) is 23.8 Å². The minimum atomic E-state index is -0.510. The molecule has 0 aliphatic heterocycles. The van der Waals surface area contributed by atoms with Crippen LogP contribution in [0.4, 0.5) is 4.39 Å². The zero-order chi connectivity index (χ0) is 8.43. The van der Waals surface area contributed by atoms with Crippen molar-refractivity contribution in [3.8, 4) is 6.07 Å². The number of hydrogen-bond acceptors (Lipinski definition) is 2. The van der Waals surface area contributed by atoms with Gasteiger partial charge in [0, 0.05) is 8.47 Å². The molecule has 1 aromatic carbocycles. The fraction of sp³-hybridized carbons (Fsp3) is 0. The van der Waals surface area contributed by atoms with Gasteiger partial charge in [0.2, 0.25) is 0 Å². The molecule has 56 valence electrons. The first kappa shape index (κ1) is 8.81. The molecule has 0 aliphatic rings. The monoisotopic (exact) mass is 279 g/mol. The average Bonchev–Trinajstić information content (AvgIpc) is 1.85. The highest BCUT2D eigenvalue weighted by Crippen LogP contribution is 2.19. The van der Waals surface area contributed by atoms with E-state index in [2.05, 4.69) is 12.6 Å². The number of halogens is 2. The van der Waals surface area contributed by atoms with E-state index in [9.17, 15) is 4.39 Å². The summed E-state index contributed by atoms with van der Waals surface area (Å²) in [6.07, 6.45) is 0. The summed E-state index contributed by atoms with van der Waals surface area (Å²) in [7, 11) is 0. The van der Waals surface area contributed by atoms with Gasteiger partial charge in [-0.15, -0.1) is 12.6 Å². The first-order valence-electron chi connectivity index (χ1n) is 2.73. The van der Waals surface area contributed by atoms with Gasteiger partial charge < -0.3 is 0 Å². The minimum absolute atomic E-state index is 0.0865. The molecular formula is C7H3FINS. The largest absolute Gasteiger partial charge is 0.205 e. The van der Waals surface area contributed by atoms with Crippen molar-refractivity contribution in [2.45, 2.75) is 4.90 Å². The third kappa shape index (κ3) is 1.84. The van der Waals surface area contributed by atoms with E-state index in [-0.39, 0.29) is 5.56 Å². The van der Waals surface area contributed by atoms with Crippen LogP contribution >= 0.6 is 35.2 Å². The van der Waals surface area contributed by atoms with Gasteiger partial charge in [-0.2, -0.15) is 5.26 Å². The molecule has 1 aromatic rings. The zero-order valence-electron chi connectivity index (χ0n) is 5.31. The molecule has 0 spiro atoms. The summed E-state index contributed by atoms with van der Waals surface area (Å²) in [5, 5.41) is 8.47. The van der Waals surface area contributed by atoms with Gasteiger partial charge >= 0.3 is 0 Å². The van der Waals surface area contributed by atoms with Crippen molar-refractivity contribution < 1.29 is 4.39 Å². The second-order valence-electron chi connectivity index (χ2n) is 1.90. The van der Waals surface area contributed by atoms with E-state index in [1.54, 1.807) is 12.1 Å². The number of nitrogens with zero attached hydrogens (tertiary/aromatic N) is 1. The number of nitriles is 1. The fourth-order valence-corrected chi connectivity index (χ4v) is 1.87. The maximum Gasteiger partial charge on any atom is 0.143 e. The molecule has 11 heavy (non-hydrogen) atoms. The summed E-state index contributed by atoms with van der Waals surface area (Å²) in [5.41, 5.74) is 0.0865. The average molecular weight is 279 g/mol. The Morgan fingerprint density at radius 3 is 2.64 bits per heavy atom. The van der Waals surface area contributed by atoms with Crippen LogP contribution < -0.4 is 0 Å². The Hall–Kier alpha value is -0.280.